The topological polar surface area (TPSA) is 46.9 Å². The van der Waals surface area contributed by atoms with Gasteiger partial charge in [-0.25, -0.2) is 4.98 Å². The van der Waals surface area contributed by atoms with Gasteiger partial charge in [-0.15, -0.1) is 0 Å². The first kappa shape index (κ1) is 18.4. The number of aryl methyl sites for hydroxylation is 1. The molecule has 0 bridgehead atoms. The van der Waals surface area contributed by atoms with Crippen molar-refractivity contribution in [3.8, 4) is 5.75 Å². The van der Waals surface area contributed by atoms with Gasteiger partial charge in [-0.3, -0.25) is 9.69 Å². The van der Waals surface area contributed by atoms with E-state index in [4.69, 9.17) is 9.72 Å². The number of para-hydroxylation sites is 1. The van der Waals surface area contributed by atoms with Gasteiger partial charge in [0.2, 0.25) is 0 Å². The van der Waals surface area contributed by atoms with Gasteiger partial charge >= 0.3 is 0 Å². The smallest absolute Gasteiger partial charge is 0.260 e. The fraction of sp³-hybridized carbons (Fsp3) is 0.300. The number of anilines is 1. The zero-order valence-electron chi connectivity index (χ0n) is 15.6. The molecule has 5 nitrogen and oxygen atoms in total. The third-order valence-electron chi connectivity index (χ3n) is 4.26. The van der Waals surface area contributed by atoms with E-state index in [0.717, 1.165) is 33.2 Å². The van der Waals surface area contributed by atoms with E-state index < -0.39 is 0 Å². The molecule has 3 rings (SSSR count). The minimum Gasteiger partial charge on any atom is -0.497 e. The fourth-order valence-electron chi connectivity index (χ4n) is 2.70. The van der Waals surface area contributed by atoms with Gasteiger partial charge in [0, 0.05) is 5.56 Å². The summed E-state index contributed by atoms with van der Waals surface area (Å²) in [5.74, 6) is 0.701. The highest BCUT2D eigenvalue weighted by atomic mass is 32.1. The molecule has 0 radical (unpaired) electrons. The van der Waals surface area contributed by atoms with Crippen LogP contribution in [-0.4, -0.2) is 45.2 Å². The first-order valence-corrected chi connectivity index (χ1v) is 9.42. The Balaban J connectivity index is 1.97. The first-order valence-electron chi connectivity index (χ1n) is 8.60. The van der Waals surface area contributed by atoms with Gasteiger partial charge in [0.15, 0.2) is 5.13 Å². The molecule has 6 heteroatoms. The number of hydrogen-bond acceptors (Lipinski definition) is 4. The summed E-state index contributed by atoms with van der Waals surface area (Å²) in [6, 6.07) is 13.3. The second-order valence-electron chi connectivity index (χ2n) is 6.56. The SMILES string of the molecule is COc1ccc(C(=O)N(CC[NH+](C)C)c2nc3c(C)cccc3s2)cc1. The minimum atomic E-state index is -0.0365. The highest BCUT2D eigenvalue weighted by Gasteiger charge is 2.22. The maximum atomic E-state index is 13.2. The Bertz CT molecular complexity index is 903. The summed E-state index contributed by atoms with van der Waals surface area (Å²) >= 11 is 1.56. The van der Waals surface area contributed by atoms with E-state index in [9.17, 15) is 4.79 Å². The summed E-state index contributed by atoms with van der Waals surface area (Å²) in [6.07, 6.45) is 0. The predicted molar refractivity (Wildman–Crippen MR) is 107 cm³/mol. The maximum absolute atomic E-state index is 13.2. The summed E-state index contributed by atoms with van der Waals surface area (Å²) in [7, 11) is 5.78. The third kappa shape index (κ3) is 3.86. The molecule has 0 atom stereocenters. The second kappa shape index (κ2) is 7.85. The molecule has 0 aliphatic heterocycles. The summed E-state index contributed by atoms with van der Waals surface area (Å²) in [5, 5.41) is 0.747. The lowest BCUT2D eigenvalue weighted by Gasteiger charge is -2.20. The Hall–Kier alpha value is -2.44. The lowest BCUT2D eigenvalue weighted by Crippen LogP contribution is -3.06. The van der Waals surface area contributed by atoms with Crippen LogP contribution in [0.5, 0.6) is 5.75 Å². The number of likely N-dealkylation sites (N-methyl/N-ethyl adjacent to an activating group) is 1. The summed E-state index contributed by atoms with van der Waals surface area (Å²) in [6.45, 7) is 3.51. The van der Waals surface area contributed by atoms with E-state index in [-0.39, 0.29) is 5.91 Å². The summed E-state index contributed by atoms with van der Waals surface area (Å²) in [5.41, 5.74) is 2.73. The normalized spacial score (nSPS) is 11.1. The number of amides is 1. The van der Waals surface area contributed by atoms with E-state index in [2.05, 4.69) is 20.2 Å². The van der Waals surface area contributed by atoms with Crippen molar-refractivity contribution < 1.29 is 14.4 Å². The number of thiazole rings is 1. The lowest BCUT2D eigenvalue weighted by molar-refractivity contribution is -0.856. The average Bonchev–Trinajstić information content (AvgIpc) is 3.07. The van der Waals surface area contributed by atoms with Crippen molar-refractivity contribution in [2.45, 2.75) is 6.92 Å². The minimum absolute atomic E-state index is 0.0365. The molecule has 1 aromatic heterocycles. The van der Waals surface area contributed by atoms with Crippen LogP contribution in [0.15, 0.2) is 42.5 Å². The number of nitrogens with zero attached hydrogens (tertiary/aromatic N) is 2. The number of carbonyl (C=O) groups is 1. The van der Waals surface area contributed by atoms with E-state index in [1.165, 1.54) is 4.90 Å². The molecule has 3 aromatic rings. The molecule has 0 spiro atoms. The van der Waals surface area contributed by atoms with E-state index >= 15 is 0 Å². The van der Waals surface area contributed by atoms with Crippen LogP contribution in [0.2, 0.25) is 0 Å². The number of benzene rings is 2. The number of carbonyl (C=O) groups excluding carboxylic acids is 1. The Morgan fingerprint density at radius 3 is 2.54 bits per heavy atom. The quantitative estimate of drug-likeness (QED) is 0.725. The Kier molecular flexibility index (Phi) is 5.54. The van der Waals surface area contributed by atoms with Crippen molar-refractivity contribution in [3.63, 3.8) is 0 Å². The highest BCUT2D eigenvalue weighted by molar-refractivity contribution is 7.22. The fourth-order valence-corrected chi connectivity index (χ4v) is 3.77. The van der Waals surface area contributed by atoms with Gasteiger partial charge in [-0.1, -0.05) is 23.5 Å². The van der Waals surface area contributed by atoms with Gasteiger partial charge in [0.1, 0.15) is 5.75 Å². The predicted octanol–water partition coefficient (Wildman–Crippen LogP) is 2.40. The largest absolute Gasteiger partial charge is 0.497 e. The molecular formula is C20H24N3O2S+. The Morgan fingerprint density at radius 1 is 1.19 bits per heavy atom. The molecule has 2 aromatic carbocycles. The molecular weight excluding hydrogens is 346 g/mol. The number of ether oxygens (including phenoxy) is 1. The van der Waals surface area contributed by atoms with Crippen molar-refractivity contribution >= 4 is 32.6 Å². The highest BCUT2D eigenvalue weighted by Crippen LogP contribution is 2.31. The van der Waals surface area contributed by atoms with E-state index in [0.29, 0.717) is 12.1 Å². The first-order chi connectivity index (χ1) is 12.5. The average molecular weight is 370 g/mol. The Labute approximate surface area is 157 Å². The number of fused-ring (bicyclic) bond motifs is 1. The monoisotopic (exact) mass is 370 g/mol. The molecule has 1 amide bonds. The van der Waals surface area contributed by atoms with Gasteiger partial charge in [0.25, 0.3) is 5.91 Å². The van der Waals surface area contributed by atoms with Gasteiger partial charge in [-0.2, -0.15) is 0 Å². The van der Waals surface area contributed by atoms with Crippen LogP contribution in [0.4, 0.5) is 5.13 Å². The van der Waals surface area contributed by atoms with E-state index in [1.54, 1.807) is 35.5 Å². The van der Waals surface area contributed by atoms with E-state index in [1.807, 2.05) is 31.2 Å². The van der Waals surface area contributed by atoms with Crippen LogP contribution in [-0.2, 0) is 0 Å². The van der Waals surface area contributed by atoms with Gasteiger partial charge in [0.05, 0.1) is 44.5 Å². The standard InChI is InChI=1S/C20H23N3O2S/c1-14-6-5-7-17-18(14)21-20(26-17)23(13-12-22(2)3)19(24)15-8-10-16(25-4)11-9-15/h5-11H,12-13H2,1-4H3/p+1. The second-order valence-corrected chi connectivity index (χ2v) is 7.57. The van der Waals surface area contributed by atoms with Crippen LogP contribution < -0.4 is 14.5 Å². The molecule has 1 N–H and O–H groups in total. The number of hydrogen-bond donors (Lipinski definition) is 1. The van der Waals surface area contributed by atoms with Crippen LogP contribution in [0.25, 0.3) is 10.2 Å². The number of methoxy groups -OCH3 is 1. The number of quaternary nitrogens is 1. The number of nitrogens with one attached hydrogen (secondary N) is 1. The molecule has 0 aliphatic carbocycles. The molecule has 0 unspecified atom stereocenters. The Morgan fingerprint density at radius 2 is 1.92 bits per heavy atom. The molecule has 0 fully saturated rings. The molecule has 1 heterocycles. The van der Waals surface area contributed by atoms with Crippen LogP contribution in [0.3, 0.4) is 0 Å². The van der Waals surface area contributed by atoms with Crippen molar-refractivity contribution in [1.29, 1.82) is 0 Å². The zero-order valence-corrected chi connectivity index (χ0v) is 16.4. The summed E-state index contributed by atoms with van der Waals surface area (Å²) < 4.78 is 6.29. The molecule has 26 heavy (non-hydrogen) atoms. The van der Waals surface area contributed by atoms with Gasteiger partial charge in [-0.05, 0) is 42.8 Å². The molecule has 0 saturated carbocycles. The number of aromatic nitrogens is 1. The third-order valence-corrected chi connectivity index (χ3v) is 5.30. The van der Waals surface area contributed by atoms with Crippen molar-refractivity contribution in [3.05, 3.63) is 53.6 Å². The van der Waals surface area contributed by atoms with Crippen LogP contribution >= 0.6 is 11.3 Å². The molecule has 0 aliphatic rings. The van der Waals surface area contributed by atoms with Crippen molar-refractivity contribution in [1.82, 2.24) is 4.98 Å². The summed E-state index contributed by atoms with van der Waals surface area (Å²) in [4.78, 5) is 21.0. The van der Waals surface area contributed by atoms with Crippen molar-refractivity contribution in [2.75, 3.05) is 39.2 Å². The number of rotatable bonds is 6. The van der Waals surface area contributed by atoms with Gasteiger partial charge < -0.3 is 9.64 Å². The molecule has 0 saturated heterocycles. The maximum Gasteiger partial charge on any atom is 0.260 e. The zero-order chi connectivity index (χ0) is 18.7. The van der Waals surface area contributed by atoms with Crippen LogP contribution in [0, 0.1) is 6.92 Å². The van der Waals surface area contributed by atoms with Crippen molar-refractivity contribution in [2.24, 2.45) is 0 Å². The molecule has 136 valence electrons. The van der Waals surface area contributed by atoms with Crippen LogP contribution in [0.1, 0.15) is 15.9 Å². The lowest BCUT2D eigenvalue weighted by atomic mass is 10.2.